The SMILES string of the molecule is CC(C)(C(=C(c1ccc(F)cc1)c1ccc(F)cc1)n1cnnn1)P(=O)(O)O. The van der Waals surface area contributed by atoms with E-state index in [-0.39, 0.29) is 5.70 Å². The largest absolute Gasteiger partial charge is 0.337 e. The predicted octanol–water partition coefficient (Wildman–Crippen LogP) is 3.32. The zero-order valence-electron chi connectivity index (χ0n) is 15.0. The van der Waals surface area contributed by atoms with Gasteiger partial charge in [-0.2, -0.15) is 0 Å². The normalized spacial score (nSPS) is 12.1. The van der Waals surface area contributed by atoms with E-state index in [0.29, 0.717) is 16.7 Å². The molecular formula is C18H17F2N4O3P. The van der Waals surface area contributed by atoms with Crippen LogP contribution in [0.1, 0.15) is 25.0 Å². The fourth-order valence-corrected chi connectivity index (χ4v) is 3.27. The van der Waals surface area contributed by atoms with Crippen LogP contribution >= 0.6 is 7.60 Å². The van der Waals surface area contributed by atoms with E-state index in [1.807, 2.05) is 0 Å². The van der Waals surface area contributed by atoms with Crippen molar-refractivity contribution >= 4 is 18.9 Å². The Hall–Kier alpha value is -2.74. The molecule has 2 N–H and O–H groups in total. The van der Waals surface area contributed by atoms with Crippen molar-refractivity contribution in [2.24, 2.45) is 0 Å². The van der Waals surface area contributed by atoms with E-state index >= 15 is 0 Å². The highest BCUT2D eigenvalue weighted by atomic mass is 31.2. The molecule has 10 heteroatoms. The van der Waals surface area contributed by atoms with Gasteiger partial charge in [-0.1, -0.05) is 24.3 Å². The van der Waals surface area contributed by atoms with Crippen LogP contribution in [-0.4, -0.2) is 35.2 Å². The van der Waals surface area contributed by atoms with Crippen LogP contribution in [0, 0.1) is 11.6 Å². The van der Waals surface area contributed by atoms with Crippen molar-refractivity contribution in [2.75, 3.05) is 0 Å². The van der Waals surface area contributed by atoms with Crippen molar-refractivity contribution in [1.82, 2.24) is 20.2 Å². The summed E-state index contributed by atoms with van der Waals surface area (Å²) < 4.78 is 40.4. The maximum absolute atomic E-state index is 13.5. The standard InChI is InChI=1S/C18H17F2N4O3P/c1-18(2,28(25,26)27)17(24-11-21-22-23-24)16(12-3-7-14(19)8-4-12)13-5-9-15(20)10-6-13/h3-11H,1-2H3,(H2,25,26,27). The smallest absolute Gasteiger partial charge is 0.324 e. The topological polar surface area (TPSA) is 101 Å². The average molecular weight is 406 g/mol. The second kappa shape index (κ2) is 7.35. The molecule has 0 amide bonds. The molecule has 0 aliphatic carbocycles. The van der Waals surface area contributed by atoms with E-state index in [1.165, 1.54) is 68.7 Å². The first-order valence-corrected chi connectivity index (χ1v) is 9.78. The molecule has 1 aromatic heterocycles. The van der Waals surface area contributed by atoms with Crippen LogP contribution in [0.4, 0.5) is 8.78 Å². The molecule has 1 heterocycles. The molecule has 28 heavy (non-hydrogen) atoms. The van der Waals surface area contributed by atoms with Crippen LogP contribution in [-0.2, 0) is 4.57 Å². The van der Waals surface area contributed by atoms with E-state index < -0.39 is 24.4 Å². The van der Waals surface area contributed by atoms with Crippen molar-refractivity contribution in [3.63, 3.8) is 0 Å². The minimum atomic E-state index is -4.70. The van der Waals surface area contributed by atoms with Gasteiger partial charge in [0.2, 0.25) is 0 Å². The summed E-state index contributed by atoms with van der Waals surface area (Å²) in [7, 11) is -4.70. The van der Waals surface area contributed by atoms with Crippen molar-refractivity contribution in [2.45, 2.75) is 19.0 Å². The second-order valence-corrected chi connectivity index (χ2v) is 8.80. The Bertz CT molecular complexity index is 996. The van der Waals surface area contributed by atoms with Crippen molar-refractivity contribution in [3.8, 4) is 0 Å². The van der Waals surface area contributed by atoms with Crippen LogP contribution in [0.5, 0.6) is 0 Å². The Labute approximate surface area is 159 Å². The predicted molar refractivity (Wildman–Crippen MR) is 99.0 cm³/mol. The van der Waals surface area contributed by atoms with Gasteiger partial charge in [-0.3, -0.25) is 4.57 Å². The van der Waals surface area contributed by atoms with E-state index in [2.05, 4.69) is 15.5 Å². The first-order valence-electron chi connectivity index (χ1n) is 8.17. The highest BCUT2D eigenvalue weighted by Crippen LogP contribution is 2.57. The van der Waals surface area contributed by atoms with Crippen LogP contribution in [0.3, 0.4) is 0 Å². The third kappa shape index (κ3) is 3.77. The number of nitrogens with zero attached hydrogens (tertiary/aromatic N) is 4. The first kappa shape index (κ1) is 20.0. The minimum Gasteiger partial charge on any atom is -0.324 e. The lowest BCUT2D eigenvalue weighted by Crippen LogP contribution is -2.28. The number of tetrazole rings is 1. The van der Waals surface area contributed by atoms with Crippen molar-refractivity contribution in [1.29, 1.82) is 0 Å². The number of rotatable bonds is 5. The van der Waals surface area contributed by atoms with Crippen LogP contribution in [0.2, 0.25) is 0 Å². The van der Waals surface area contributed by atoms with Gasteiger partial charge in [0.15, 0.2) is 0 Å². The quantitative estimate of drug-likeness (QED) is 0.631. The van der Waals surface area contributed by atoms with E-state index in [4.69, 9.17) is 0 Å². The van der Waals surface area contributed by atoms with Gasteiger partial charge in [0.05, 0.1) is 5.70 Å². The number of benzene rings is 2. The highest BCUT2D eigenvalue weighted by Gasteiger charge is 2.44. The summed E-state index contributed by atoms with van der Waals surface area (Å²) in [4.78, 5) is 20.0. The van der Waals surface area contributed by atoms with Gasteiger partial charge in [0.1, 0.15) is 23.1 Å². The summed E-state index contributed by atoms with van der Waals surface area (Å²) in [5.74, 6) is -0.944. The number of halogens is 2. The highest BCUT2D eigenvalue weighted by molar-refractivity contribution is 7.54. The Morgan fingerprint density at radius 3 is 1.79 bits per heavy atom. The zero-order chi connectivity index (χ0) is 20.5. The molecule has 0 unspecified atom stereocenters. The summed E-state index contributed by atoms with van der Waals surface area (Å²) >= 11 is 0. The minimum absolute atomic E-state index is 0.0871. The number of aromatic nitrogens is 4. The maximum atomic E-state index is 13.5. The molecule has 0 aliphatic rings. The van der Waals surface area contributed by atoms with Crippen molar-refractivity contribution < 1.29 is 23.1 Å². The van der Waals surface area contributed by atoms with Crippen LogP contribution in [0.25, 0.3) is 11.3 Å². The molecule has 0 saturated heterocycles. The molecule has 0 radical (unpaired) electrons. The van der Waals surface area contributed by atoms with E-state index in [1.54, 1.807) is 0 Å². The van der Waals surface area contributed by atoms with Gasteiger partial charge in [-0.15, -0.1) is 5.10 Å². The molecule has 3 aromatic rings. The summed E-state index contributed by atoms with van der Waals surface area (Å²) in [6.45, 7) is 2.72. The molecule has 2 aromatic carbocycles. The Morgan fingerprint density at radius 1 is 0.964 bits per heavy atom. The molecule has 0 aliphatic heterocycles. The second-order valence-electron chi connectivity index (χ2n) is 6.59. The third-order valence-corrected chi connectivity index (χ3v) is 6.06. The molecule has 0 atom stereocenters. The lowest BCUT2D eigenvalue weighted by molar-refractivity contribution is 0.350. The van der Waals surface area contributed by atoms with Crippen LogP contribution < -0.4 is 0 Å². The number of hydrogen-bond donors (Lipinski definition) is 2. The van der Waals surface area contributed by atoms with Gasteiger partial charge in [0.25, 0.3) is 0 Å². The molecule has 0 spiro atoms. The Morgan fingerprint density at radius 2 is 1.43 bits per heavy atom. The van der Waals surface area contributed by atoms with Crippen molar-refractivity contribution in [3.05, 3.63) is 77.6 Å². The van der Waals surface area contributed by atoms with Gasteiger partial charge in [-0.25, -0.2) is 13.5 Å². The summed E-state index contributed by atoms with van der Waals surface area (Å²) in [5.41, 5.74) is 1.34. The van der Waals surface area contributed by atoms with Gasteiger partial charge < -0.3 is 9.79 Å². The summed E-state index contributed by atoms with van der Waals surface area (Å²) in [6.07, 6.45) is 1.21. The number of allylic oxidation sites excluding steroid dienone is 1. The van der Waals surface area contributed by atoms with Gasteiger partial charge >= 0.3 is 7.60 Å². The Balaban J connectivity index is 2.44. The molecule has 0 saturated carbocycles. The van der Waals surface area contributed by atoms with Crippen LogP contribution in [0.15, 0.2) is 54.9 Å². The molecule has 146 valence electrons. The summed E-state index contributed by atoms with van der Waals surface area (Å²) in [5, 5.41) is 9.21. The monoisotopic (exact) mass is 406 g/mol. The fourth-order valence-electron chi connectivity index (χ4n) is 2.78. The van der Waals surface area contributed by atoms with Gasteiger partial charge in [0, 0.05) is 5.57 Å². The van der Waals surface area contributed by atoms with E-state index in [9.17, 15) is 23.1 Å². The lowest BCUT2D eigenvalue weighted by Gasteiger charge is -2.31. The molecule has 7 nitrogen and oxygen atoms in total. The molecular weight excluding hydrogens is 389 g/mol. The lowest BCUT2D eigenvalue weighted by atomic mass is 9.91. The van der Waals surface area contributed by atoms with E-state index in [0.717, 1.165) is 4.68 Å². The maximum Gasteiger partial charge on any atom is 0.337 e. The zero-order valence-corrected chi connectivity index (χ0v) is 15.9. The summed E-state index contributed by atoms with van der Waals surface area (Å²) in [6, 6.07) is 10.8. The molecule has 3 rings (SSSR count). The van der Waals surface area contributed by atoms with Gasteiger partial charge in [-0.05, 0) is 59.7 Å². The number of hydrogen-bond acceptors (Lipinski definition) is 4. The Kier molecular flexibility index (Phi) is 5.25. The third-order valence-electron chi connectivity index (χ3n) is 4.39. The fraction of sp³-hybridized carbons (Fsp3) is 0.167. The first-order chi connectivity index (χ1) is 13.1. The molecule has 0 fully saturated rings. The average Bonchev–Trinajstić information content (AvgIpc) is 3.14. The molecule has 0 bridgehead atoms.